The van der Waals surface area contributed by atoms with Crippen molar-refractivity contribution in [2.75, 3.05) is 10.6 Å². The summed E-state index contributed by atoms with van der Waals surface area (Å²) in [4.78, 5) is 36.3. The van der Waals surface area contributed by atoms with Crippen LogP contribution >= 0.6 is 23.2 Å². The first-order chi connectivity index (χ1) is 13.8. The summed E-state index contributed by atoms with van der Waals surface area (Å²) in [5, 5.41) is 6.24. The van der Waals surface area contributed by atoms with Crippen LogP contribution in [-0.2, 0) is 11.3 Å². The lowest BCUT2D eigenvalue weighted by molar-refractivity contribution is -0.116. The molecule has 2 N–H and O–H groups in total. The van der Waals surface area contributed by atoms with Gasteiger partial charge in [0.1, 0.15) is 6.54 Å². The van der Waals surface area contributed by atoms with Gasteiger partial charge in [-0.2, -0.15) is 0 Å². The highest BCUT2D eigenvalue weighted by molar-refractivity contribution is 6.35. The van der Waals surface area contributed by atoms with Crippen molar-refractivity contribution >= 4 is 46.4 Å². The van der Waals surface area contributed by atoms with Crippen LogP contribution in [0.25, 0.3) is 0 Å². The number of hydrogen-bond acceptors (Lipinski definition) is 3. The molecule has 6 nitrogen and oxygen atoms in total. The molecule has 0 atom stereocenters. The zero-order valence-electron chi connectivity index (χ0n) is 15.4. The number of aromatic nitrogens is 1. The summed E-state index contributed by atoms with van der Waals surface area (Å²) in [6, 6.07) is 14.2. The standard InChI is InChI=1S/C21H17Cl2N3O3/c1-13-2-7-20(28)26(11-13)12-19(27)24-17-5-3-14(4-6-17)21(29)25-18-9-15(22)8-16(23)10-18/h2-11H,12H2,1H3,(H,24,27)(H,25,29). The fourth-order valence-electron chi connectivity index (χ4n) is 2.66. The first kappa shape index (κ1) is 20.6. The number of amides is 2. The first-order valence-corrected chi connectivity index (χ1v) is 9.40. The third-order valence-electron chi connectivity index (χ3n) is 4.00. The fourth-order valence-corrected chi connectivity index (χ4v) is 3.19. The molecule has 0 spiro atoms. The minimum atomic E-state index is -0.344. The largest absolute Gasteiger partial charge is 0.325 e. The Kier molecular flexibility index (Phi) is 6.36. The number of rotatable bonds is 5. The molecule has 0 unspecified atom stereocenters. The number of halogens is 2. The van der Waals surface area contributed by atoms with Crippen LogP contribution in [0, 0.1) is 6.92 Å². The van der Waals surface area contributed by atoms with Gasteiger partial charge in [-0.3, -0.25) is 14.4 Å². The van der Waals surface area contributed by atoms with Crippen LogP contribution < -0.4 is 16.2 Å². The highest BCUT2D eigenvalue weighted by atomic mass is 35.5. The van der Waals surface area contributed by atoms with E-state index in [2.05, 4.69) is 10.6 Å². The van der Waals surface area contributed by atoms with Crippen LogP contribution in [0.5, 0.6) is 0 Å². The van der Waals surface area contributed by atoms with Gasteiger partial charge < -0.3 is 15.2 Å². The molecule has 1 aromatic heterocycles. The average Bonchev–Trinajstić information content (AvgIpc) is 2.64. The van der Waals surface area contributed by atoms with Crippen molar-refractivity contribution in [1.29, 1.82) is 0 Å². The van der Waals surface area contributed by atoms with Gasteiger partial charge in [0.05, 0.1) is 0 Å². The number of benzene rings is 2. The maximum atomic E-state index is 12.4. The molecule has 0 aliphatic rings. The number of carbonyl (C=O) groups is 2. The predicted molar refractivity (Wildman–Crippen MR) is 115 cm³/mol. The third-order valence-corrected chi connectivity index (χ3v) is 4.43. The molecule has 0 radical (unpaired) electrons. The molecule has 0 saturated heterocycles. The van der Waals surface area contributed by atoms with Crippen molar-refractivity contribution in [3.63, 3.8) is 0 Å². The molecule has 0 aliphatic heterocycles. The molecule has 3 rings (SSSR count). The number of anilines is 2. The number of nitrogens with one attached hydrogen (secondary N) is 2. The quantitative estimate of drug-likeness (QED) is 0.632. The Morgan fingerprint density at radius 2 is 1.55 bits per heavy atom. The van der Waals surface area contributed by atoms with Gasteiger partial charge in [-0.1, -0.05) is 29.3 Å². The summed E-state index contributed by atoms with van der Waals surface area (Å²) in [7, 11) is 0. The second kappa shape index (κ2) is 8.94. The molecule has 29 heavy (non-hydrogen) atoms. The molecule has 2 amide bonds. The Morgan fingerprint density at radius 1 is 0.897 bits per heavy atom. The van der Waals surface area contributed by atoms with E-state index < -0.39 is 0 Å². The lowest BCUT2D eigenvalue weighted by Gasteiger charge is -2.09. The van der Waals surface area contributed by atoms with Crippen LogP contribution in [0.3, 0.4) is 0 Å². The Labute approximate surface area is 177 Å². The van der Waals surface area contributed by atoms with Gasteiger partial charge in [0.25, 0.3) is 11.5 Å². The van der Waals surface area contributed by atoms with Gasteiger partial charge in [0.2, 0.25) is 5.91 Å². The summed E-state index contributed by atoms with van der Waals surface area (Å²) in [5.74, 6) is -0.684. The molecular formula is C21H17Cl2N3O3. The van der Waals surface area contributed by atoms with E-state index in [1.54, 1.807) is 54.7 Å². The third kappa shape index (κ3) is 5.70. The van der Waals surface area contributed by atoms with Crippen molar-refractivity contribution in [1.82, 2.24) is 4.57 Å². The Balaban J connectivity index is 1.63. The van der Waals surface area contributed by atoms with E-state index in [4.69, 9.17) is 23.2 Å². The molecule has 148 valence electrons. The zero-order valence-corrected chi connectivity index (χ0v) is 16.9. The maximum absolute atomic E-state index is 12.4. The van der Waals surface area contributed by atoms with Crippen LogP contribution in [-0.4, -0.2) is 16.4 Å². The van der Waals surface area contributed by atoms with Crippen LogP contribution in [0.4, 0.5) is 11.4 Å². The first-order valence-electron chi connectivity index (χ1n) is 8.64. The molecule has 3 aromatic rings. The van der Waals surface area contributed by atoms with Crippen LogP contribution in [0.1, 0.15) is 15.9 Å². The van der Waals surface area contributed by atoms with Crippen molar-refractivity contribution in [2.24, 2.45) is 0 Å². The molecule has 1 heterocycles. The Bertz CT molecular complexity index is 1100. The van der Waals surface area contributed by atoms with Crippen LogP contribution in [0.15, 0.2) is 65.6 Å². The Morgan fingerprint density at radius 3 is 2.21 bits per heavy atom. The van der Waals surface area contributed by atoms with Crippen molar-refractivity contribution in [3.8, 4) is 0 Å². The lowest BCUT2D eigenvalue weighted by Crippen LogP contribution is -2.26. The summed E-state index contributed by atoms with van der Waals surface area (Å²) >= 11 is 11.9. The highest BCUT2D eigenvalue weighted by Gasteiger charge is 2.09. The molecule has 0 fully saturated rings. The number of nitrogens with zero attached hydrogens (tertiary/aromatic N) is 1. The van der Waals surface area contributed by atoms with E-state index in [1.807, 2.05) is 6.92 Å². The predicted octanol–water partition coefficient (Wildman–Crippen LogP) is 4.35. The molecule has 0 aliphatic carbocycles. The fraction of sp³-hybridized carbons (Fsp3) is 0.0952. The topological polar surface area (TPSA) is 80.2 Å². The molecule has 0 bridgehead atoms. The minimum absolute atomic E-state index is 0.0989. The lowest BCUT2D eigenvalue weighted by atomic mass is 10.2. The van der Waals surface area contributed by atoms with E-state index in [-0.39, 0.29) is 23.9 Å². The Hall–Kier alpha value is -3.09. The van der Waals surface area contributed by atoms with Crippen molar-refractivity contribution < 1.29 is 9.59 Å². The number of carbonyl (C=O) groups excluding carboxylic acids is 2. The maximum Gasteiger partial charge on any atom is 0.255 e. The van der Waals surface area contributed by atoms with E-state index in [9.17, 15) is 14.4 Å². The molecule has 8 heteroatoms. The smallest absolute Gasteiger partial charge is 0.255 e. The van der Waals surface area contributed by atoms with Gasteiger partial charge in [-0.15, -0.1) is 0 Å². The molecule has 2 aromatic carbocycles. The monoisotopic (exact) mass is 429 g/mol. The summed E-state index contributed by atoms with van der Waals surface area (Å²) in [6.45, 7) is 1.74. The summed E-state index contributed by atoms with van der Waals surface area (Å²) in [6.07, 6.45) is 1.62. The summed E-state index contributed by atoms with van der Waals surface area (Å²) in [5.41, 5.74) is 2.02. The van der Waals surface area contributed by atoms with Gasteiger partial charge in [-0.05, 0) is 55.0 Å². The van der Waals surface area contributed by atoms with Gasteiger partial charge in [0, 0.05) is 39.2 Å². The van der Waals surface area contributed by atoms with E-state index >= 15 is 0 Å². The zero-order chi connectivity index (χ0) is 21.0. The highest BCUT2D eigenvalue weighted by Crippen LogP contribution is 2.23. The van der Waals surface area contributed by atoms with Gasteiger partial charge >= 0.3 is 0 Å². The SMILES string of the molecule is Cc1ccc(=O)n(CC(=O)Nc2ccc(C(=O)Nc3cc(Cl)cc(Cl)c3)cc2)c1. The number of pyridine rings is 1. The second-order valence-corrected chi connectivity index (χ2v) is 7.28. The summed E-state index contributed by atoms with van der Waals surface area (Å²) < 4.78 is 1.34. The average molecular weight is 430 g/mol. The number of aryl methyl sites for hydroxylation is 1. The number of hydrogen-bond donors (Lipinski definition) is 2. The van der Waals surface area contributed by atoms with Crippen molar-refractivity contribution in [2.45, 2.75) is 13.5 Å². The van der Waals surface area contributed by atoms with Gasteiger partial charge in [0.15, 0.2) is 0 Å². The van der Waals surface area contributed by atoms with Crippen LogP contribution in [0.2, 0.25) is 10.0 Å². The van der Waals surface area contributed by atoms with Crippen molar-refractivity contribution in [3.05, 3.63) is 92.3 Å². The molecular weight excluding hydrogens is 413 g/mol. The molecule has 0 saturated carbocycles. The van der Waals surface area contributed by atoms with E-state index in [1.165, 1.54) is 10.6 Å². The van der Waals surface area contributed by atoms with Gasteiger partial charge in [-0.25, -0.2) is 0 Å². The minimum Gasteiger partial charge on any atom is -0.325 e. The van der Waals surface area contributed by atoms with E-state index in [0.717, 1.165) is 5.56 Å². The normalized spacial score (nSPS) is 10.4. The van der Waals surface area contributed by atoms with E-state index in [0.29, 0.717) is 27.0 Å². The second-order valence-electron chi connectivity index (χ2n) is 6.41.